The van der Waals surface area contributed by atoms with E-state index in [1.807, 2.05) is 13.0 Å². The minimum atomic E-state index is -0.480. The number of aliphatic hydroxyl groups excluding tert-OH is 1. The first-order chi connectivity index (χ1) is 10.1. The van der Waals surface area contributed by atoms with Crippen LogP contribution in [-0.2, 0) is 9.53 Å². The zero-order chi connectivity index (χ0) is 15.7. The van der Waals surface area contributed by atoms with Crippen LogP contribution in [0.5, 0.6) is 0 Å². The van der Waals surface area contributed by atoms with E-state index in [1.54, 1.807) is 19.1 Å². The summed E-state index contributed by atoms with van der Waals surface area (Å²) in [6, 6.07) is 5.31. The van der Waals surface area contributed by atoms with Crippen molar-refractivity contribution in [3.63, 3.8) is 0 Å². The highest BCUT2D eigenvalue weighted by Crippen LogP contribution is 2.11. The number of benzene rings is 1. The van der Waals surface area contributed by atoms with Crippen molar-refractivity contribution in [2.45, 2.75) is 20.3 Å². The minimum Gasteiger partial charge on any atom is -0.465 e. The maximum absolute atomic E-state index is 12.1. The number of rotatable bonds is 5. The summed E-state index contributed by atoms with van der Waals surface area (Å²) in [4.78, 5) is 23.4. The van der Waals surface area contributed by atoms with E-state index in [-0.39, 0.29) is 25.7 Å². The molecule has 0 bridgehead atoms. The number of hydrogen-bond acceptors (Lipinski definition) is 4. The fourth-order valence-electron chi connectivity index (χ4n) is 1.63. The fraction of sp³-hybridized carbons (Fsp3) is 0.375. The van der Waals surface area contributed by atoms with Crippen LogP contribution in [-0.4, -0.2) is 36.7 Å². The number of ether oxygens (including phenoxy) is 1. The second-order valence-corrected chi connectivity index (χ2v) is 4.31. The number of carbonyl (C=O) groups is 2. The molecule has 0 atom stereocenters. The van der Waals surface area contributed by atoms with Crippen molar-refractivity contribution in [2.75, 3.05) is 19.8 Å². The summed E-state index contributed by atoms with van der Waals surface area (Å²) in [5.41, 5.74) is 1.89. The summed E-state index contributed by atoms with van der Waals surface area (Å²) in [7, 11) is 0. The largest absolute Gasteiger partial charge is 0.465 e. The molecule has 0 unspecified atom stereocenters. The van der Waals surface area contributed by atoms with E-state index < -0.39 is 5.97 Å². The molecule has 0 heterocycles. The van der Waals surface area contributed by atoms with Crippen LogP contribution < -0.4 is 5.32 Å². The summed E-state index contributed by atoms with van der Waals surface area (Å²) in [5, 5.41) is 11.2. The molecule has 0 saturated heterocycles. The molecule has 1 amide bonds. The van der Waals surface area contributed by atoms with E-state index in [0.29, 0.717) is 17.5 Å². The molecule has 1 aromatic carbocycles. The zero-order valence-electron chi connectivity index (χ0n) is 12.2. The molecule has 0 aliphatic carbocycles. The first-order valence-electron chi connectivity index (χ1n) is 6.72. The zero-order valence-corrected chi connectivity index (χ0v) is 12.2. The molecule has 5 nitrogen and oxygen atoms in total. The SMILES string of the molecule is CCOC(=O)CNC(=O)c1cc(C)ccc1C#CCCO. The van der Waals surface area contributed by atoms with Crippen LogP contribution in [0, 0.1) is 18.8 Å². The number of amides is 1. The highest BCUT2D eigenvalue weighted by molar-refractivity contribution is 5.98. The monoisotopic (exact) mass is 289 g/mol. The number of aryl methyl sites for hydroxylation is 1. The summed E-state index contributed by atoms with van der Waals surface area (Å²) in [6.07, 6.45) is 0.345. The Hall–Kier alpha value is -2.32. The molecular weight excluding hydrogens is 270 g/mol. The number of carbonyl (C=O) groups excluding carboxylic acids is 2. The van der Waals surface area contributed by atoms with Gasteiger partial charge in [-0.25, -0.2) is 0 Å². The van der Waals surface area contributed by atoms with Crippen molar-refractivity contribution < 1.29 is 19.4 Å². The van der Waals surface area contributed by atoms with Gasteiger partial charge in [-0.1, -0.05) is 23.5 Å². The Morgan fingerprint density at radius 2 is 2.14 bits per heavy atom. The lowest BCUT2D eigenvalue weighted by atomic mass is 10.0. The van der Waals surface area contributed by atoms with Crippen molar-refractivity contribution in [3.8, 4) is 11.8 Å². The van der Waals surface area contributed by atoms with Crippen molar-refractivity contribution in [3.05, 3.63) is 34.9 Å². The third-order valence-corrected chi connectivity index (χ3v) is 2.58. The molecule has 1 rings (SSSR count). The van der Waals surface area contributed by atoms with Crippen molar-refractivity contribution in [2.24, 2.45) is 0 Å². The van der Waals surface area contributed by atoms with Gasteiger partial charge in [-0.05, 0) is 26.0 Å². The van der Waals surface area contributed by atoms with E-state index in [9.17, 15) is 9.59 Å². The van der Waals surface area contributed by atoms with Gasteiger partial charge in [-0.3, -0.25) is 9.59 Å². The molecule has 0 aromatic heterocycles. The molecule has 0 fully saturated rings. The van der Waals surface area contributed by atoms with Gasteiger partial charge in [0.15, 0.2) is 0 Å². The van der Waals surface area contributed by atoms with Gasteiger partial charge in [0.25, 0.3) is 5.91 Å². The maximum atomic E-state index is 12.1. The number of aliphatic hydroxyl groups is 1. The average molecular weight is 289 g/mol. The Kier molecular flexibility index (Phi) is 6.99. The molecule has 112 valence electrons. The smallest absolute Gasteiger partial charge is 0.325 e. The normalized spacial score (nSPS) is 9.48. The van der Waals surface area contributed by atoms with E-state index in [4.69, 9.17) is 9.84 Å². The van der Waals surface area contributed by atoms with Crippen molar-refractivity contribution in [1.29, 1.82) is 0 Å². The summed E-state index contributed by atoms with van der Waals surface area (Å²) >= 11 is 0. The van der Waals surface area contributed by atoms with Crippen LogP contribution in [0.2, 0.25) is 0 Å². The summed E-state index contributed by atoms with van der Waals surface area (Å²) in [6.45, 7) is 3.65. The quantitative estimate of drug-likeness (QED) is 0.627. The van der Waals surface area contributed by atoms with Gasteiger partial charge in [-0.15, -0.1) is 0 Å². The minimum absolute atomic E-state index is 0.0246. The molecule has 0 aliphatic heterocycles. The van der Waals surface area contributed by atoms with Gasteiger partial charge in [-0.2, -0.15) is 0 Å². The Labute approximate surface area is 124 Å². The Morgan fingerprint density at radius 1 is 1.38 bits per heavy atom. The number of nitrogens with one attached hydrogen (secondary N) is 1. The maximum Gasteiger partial charge on any atom is 0.325 e. The topological polar surface area (TPSA) is 75.6 Å². The van der Waals surface area contributed by atoms with Crippen molar-refractivity contribution >= 4 is 11.9 Å². The number of hydrogen-bond donors (Lipinski definition) is 2. The van der Waals surface area contributed by atoms with Crippen molar-refractivity contribution in [1.82, 2.24) is 5.32 Å². The van der Waals surface area contributed by atoms with Gasteiger partial charge < -0.3 is 15.2 Å². The van der Waals surface area contributed by atoms with E-state index in [1.165, 1.54) is 0 Å². The molecule has 1 aromatic rings. The van der Waals surface area contributed by atoms with E-state index in [2.05, 4.69) is 17.2 Å². The predicted molar refractivity (Wildman–Crippen MR) is 78.7 cm³/mol. The van der Waals surface area contributed by atoms with Crippen LogP contribution in [0.25, 0.3) is 0 Å². The van der Waals surface area contributed by atoms with Gasteiger partial charge in [0.1, 0.15) is 6.54 Å². The highest BCUT2D eigenvalue weighted by atomic mass is 16.5. The highest BCUT2D eigenvalue weighted by Gasteiger charge is 2.12. The number of esters is 1. The molecule has 0 spiro atoms. The molecule has 5 heteroatoms. The molecule has 21 heavy (non-hydrogen) atoms. The Bertz CT molecular complexity index is 569. The van der Waals surface area contributed by atoms with Crippen LogP contribution in [0.4, 0.5) is 0 Å². The Morgan fingerprint density at radius 3 is 2.81 bits per heavy atom. The van der Waals surface area contributed by atoms with Gasteiger partial charge in [0.2, 0.25) is 0 Å². The standard InChI is InChI=1S/C16H19NO4/c1-3-21-15(19)11-17-16(20)14-10-12(2)7-8-13(14)6-4-5-9-18/h7-8,10,18H,3,5,9,11H2,1-2H3,(H,17,20). The summed E-state index contributed by atoms with van der Waals surface area (Å²) < 4.78 is 4.75. The molecule has 0 saturated carbocycles. The molecule has 0 radical (unpaired) electrons. The lowest BCUT2D eigenvalue weighted by Gasteiger charge is -2.07. The lowest BCUT2D eigenvalue weighted by molar-refractivity contribution is -0.141. The molecule has 0 aliphatic rings. The summed E-state index contributed by atoms with van der Waals surface area (Å²) in [5.74, 6) is 4.77. The van der Waals surface area contributed by atoms with Gasteiger partial charge in [0, 0.05) is 12.0 Å². The van der Waals surface area contributed by atoms with E-state index >= 15 is 0 Å². The lowest BCUT2D eigenvalue weighted by Crippen LogP contribution is -2.31. The average Bonchev–Trinajstić information content (AvgIpc) is 2.46. The van der Waals surface area contributed by atoms with Gasteiger partial charge >= 0.3 is 5.97 Å². The van der Waals surface area contributed by atoms with E-state index in [0.717, 1.165) is 5.56 Å². The third kappa shape index (κ3) is 5.67. The van der Waals surface area contributed by atoms with Crippen LogP contribution in [0.15, 0.2) is 18.2 Å². The van der Waals surface area contributed by atoms with Crippen LogP contribution >= 0.6 is 0 Å². The molecule has 2 N–H and O–H groups in total. The molecular formula is C16H19NO4. The first kappa shape index (κ1) is 16.7. The predicted octanol–water partition coefficient (Wildman–Crippen LogP) is 1.02. The Balaban J connectivity index is 2.85. The van der Waals surface area contributed by atoms with Crippen LogP contribution in [0.3, 0.4) is 0 Å². The van der Waals surface area contributed by atoms with Crippen LogP contribution in [0.1, 0.15) is 34.8 Å². The van der Waals surface area contributed by atoms with Gasteiger partial charge in [0.05, 0.1) is 18.8 Å². The second kappa shape index (κ2) is 8.77. The third-order valence-electron chi connectivity index (χ3n) is 2.58. The second-order valence-electron chi connectivity index (χ2n) is 4.31. The first-order valence-corrected chi connectivity index (χ1v) is 6.72. The fourth-order valence-corrected chi connectivity index (χ4v) is 1.63.